The van der Waals surface area contributed by atoms with E-state index < -0.39 is 13.0 Å². The van der Waals surface area contributed by atoms with Crippen molar-refractivity contribution in [2.75, 3.05) is 6.54 Å². The van der Waals surface area contributed by atoms with Crippen LogP contribution in [-0.4, -0.2) is 23.0 Å². The van der Waals surface area contributed by atoms with E-state index in [4.69, 9.17) is 11.6 Å². The van der Waals surface area contributed by atoms with Crippen molar-refractivity contribution >= 4 is 17.3 Å². The van der Waals surface area contributed by atoms with Crippen LogP contribution in [0.2, 0.25) is 0 Å². The number of hydrogen-bond acceptors (Lipinski definition) is 2. The van der Waals surface area contributed by atoms with Gasteiger partial charge in [0.05, 0.1) is 6.54 Å². The number of hydrogen-bond donors (Lipinski definition) is 1. The third-order valence-electron chi connectivity index (χ3n) is 2.67. The number of aromatic hydroxyl groups is 1. The summed E-state index contributed by atoms with van der Waals surface area (Å²) in [7, 11) is 0. The Hall–Kier alpha value is -0.706. The Balaban J connectivity index is 0.00000200. The predicted molar refractivity (Wildman–Crippen MR) is 70.5 cm³/mol. The summed E-state index contributed by atoms with van der Waals surface area (Å²) in [4.78, 5) is 1.32. The average molecular weight is 372 g/mol. The Morgan fingerprint density at radius 1 is 1.30 bits per heavy atom. The van der Waals surface area contributed by atoms with Gasteiger partial charge in [0.1, 0.15) is 5.75 Å². The van der Waals surface area contributed by atoms with Gasteiger partial charge in [0, 0.05) is 32.7 Å². The van der Waals surface area contributed by atoms with Crippen molar-refractivity contribution in [1.29, 1.82) is 0 Å². The Bertz CT molecular complexity index is 555. The van der Waals surface area contributed by atoms with Crippen LogP contribution in [0.3, 0.4) is 0 Å². The van der Waals surface area contributed by atoms with Gasteiger partial charge in [-0.1, -0.05) is 17.8 Å². The predicted octanol–water partition coefficient (Wildman–Crippen LogP) is 3.75. The molecule has 20 heavy (non-hydrogen) atoms. The van der Waals surface area contributed by atoms with Crippen LogP contribution in [0.4, 0.5) is 8.78 Å². The van der Waals surface area contributed by atoms with Crippen molar-refractivity contribution in [2.24, 2.45) is 0 Å². The molecule has 0 aliphatic carbocycles. The van der Waals surface area contributed by atoms with E-state index in [2.05, 4.69) is 12.7 Å². The van der Waals surface area contributed by atoms with Crippen molar-refractivity contribution < 1.29 is 46.6 Å². The Labute approximate surface area is 146 Å². The largest absolute Gasteiger partial charge is 0.508 e. The zero-order chi connectivity index (χ0) is 14.0. The molecule has 1 aromatic carbocycles. The molecule has 1 N–H and O–H groups in total. The number of halogens is 3. The molecule has 0 atom stereocenters. The average Bonchev–Trinajstić information content (AvgIpc) is 2.36. The van der Waals surface area contributed by atoms with Crippen molar-refractivity contribution in [2.45, 2.75) is 6.43 Å². The molecular weight excluding hydrogens is 361 g/mol. The van der Waals surface area contributed by atoms with Crippen LogP contribution >= 0.6 is 11.6 Å². The Morgan fingerprint density at radius 2 is 1.90 bits per heavy atom. The van der Waals surface area contributed by atoms with E-state index in [-0.39, 0.29) is 43.5 Å². The fraction of sp³-hybridized carbons (Fsp3) is 0.143. The van der Waals surface area contributed by atoms with Crippen LogP contribution in [0.5, 0.6) is 5.75 Å². The Kier molecular flexibility index (Phi) is 6.37. The van der Waals surface area contributed by atoms with Gasteiger partial charge in [-0.05, 0) is 22.9 Å². The van der Waals surface area contributed by atoms with Gasteiger partial charge in [-0.2, -0.15) is 23.8 Å². The third kappa shape index (κ3) is 3.90. The maximum Gasteiger partial charge on any atom is 0.256 e. The summed E-state index contributed by atoms with van der Waals surface area (Å²) in [5, 5.41) is 9.53. The second-order valence-electron chi connectivity index (χ2n) is 3.98. The van der Waals surface area contributed by atoms with E-state index in [1.807, 2.05) is 0 Å². The molecule has 1 aliphatic heterocycles. The van der Waals surface area contributed by atoms with Crippen LogP contribution in [0.15, 0.2) is 47.6 Å². The minimum Gasteiger partial charge on any atom is -0.508 e. The molecule has 0 bridgehead atoms. The zero-order valence-electron chi connectivity index (χ0n) is 10.5. The van der Waals surface area contributed by atoms with Gasteiger partial charge in [0.25, 0.3) is 6.43 Å². The molecular formula is C14H11ClF2NOY-. The molecule has 0 saturated carbocycles. The van der Waals surface area contributed by atoms with E-state index in [9.17, 15) is 13.9 Å². The molecule has 1 aromatic rings. The minimum absolute atomic E-state index is 0. The van der Waals surface area contributed by atoms with Crippen molar-refractivity contribution in [3.63, 3.8) is 0 Å². The van der Waals surface area contributed by atoms with E-state index in [1.165, 1.54) is 23.1 Å². The number of alkyl halides is 2. The van der Waals surface area contributed by atoms with E-state index in [0.29, 0.717) is 17.0 Å². The summed E-state index contributed by atoms with van der Waals surface area (Å²) in [5.74, 6) is 0.105. The molecule has 2 rings (SSSR count). The fourth-order valence-corrected chi connectivity index (χ4v) is 1.91. The number of nitrogens with zero attached hydrogens (tertiary/aromatic N) is 1. The normalized spacial score (nSPS) is 14.8. The van der Waals surface area contributed by atoms with Crippen LogP contribution < -0.4 is 0 Å². The van der Waals surface area contributed by atoms with Crippen LogP contribution in [0, 0.1) is 6.08 Å². The number of phenolic OH excluding ortho intramolecular Hbond substituents is 1. The molecule has 0 saturated heterocycles. The van der Waals surface area contributed by atoms with Gasteiger partial charge >= 0.3 is 0 Å². The molecule has 1 aliphatic rings. The SMILES string of the molecule is C=C1C(Cl)=C[C-]=C(c2ccc(O)cc2)N1CC(F)F.[Y]. The monoisotopic (exact) mass is 371 g/mol. The van der Waals surface area contributed by atoms with Gasteiger partial charge in [-0.25, -0.2) is 8.78 Å². The molecule has 103 valence electrons. The smallest absolute Gasteiger partial charge is 0.256 e. The summed E-state index contributed by atoms with van der Waals surface area (Å²) in [6.45, 7) is 3.20. The van der Waals surface area contributed by atoms with Crippen LogP contribution in [0.1, 0.15) is 5.56 Å². The van der Waals surface area contributed by atoms with E-state index in [1.54, 1.807) is 12.1 Å². The van der Waals surface area contributed by atoms with Crippen molar-refractivity contribution in [1.82, 2.24) is 4.90 Å². The number of allylic oxidation sites excluding steroid dienone is 3. The quantitative estimate of drug-likeness (QED) is 0.818. The van der Waals surface area contributed by atoms with E-state index >= 15 is 0 Å². The van der Waals surface area contributed by atoms with Gasteiger partial charge in [-0.15, -0.1) is 12.1 Å². The minimum atomic E-state index is -2.52. The van der Waals surface area contributed by atoms with Crippen LogP contribution in [-0.2, 0) is 32.7 Å². The first-order valence-electron chi connectivity index (χ1n) is 5.52. The fourth-order valence-electron chi connectivity index (χ4n) is 1.75. The van der Waals surface area contributed by atoms with Crippen molar-refractivity contribution in [3.8, 4) is 5.75 Å². The standard InChI is InChI=1S/C14H11ClF2NO.Y/c1-9-12(15)6-7-13(18(9)8-14(16)17)10-2-4-11(19)5-3-10;/h2-6,14,19H,1,8H2;/q-1;. The summed E-state index contributed by atoms with van der Waals surface area (Å²) in [5.41, 5.74) is 1.42. The summed E-state index contributed by atoms with van der Waals surface area (Å²) >= 11 is 5.88. The van der Waals surface area contributed by atoms with Gasteiger partial charge in [-0.3, -0.25) is 0 Å². The zero-order valence-corrected chi connectivity index (χ0v) is 14.1. The molecule has 1 heterocycles. The topological polar surface area (TPSA) is 23.5 Å². The summed E-state index contributed by atoms with van der Waals surface area (Å²) < 4.78 is 25.3. The maximum atomic E-state index is 12.6. The molecule has 0 fully saturated rings. The molecule has 0 amide bonds. The number of benzene rings is 1. The van der Waals surface area contributed by atoms with Crippen LogP contribution in [0.25, 0.3) is 5.70 Å². The third-order valence-corrected chi connectivity index (χ3v) is 3.00. The molecule has 1 radical (unpaired) electrons. The van der Waals surface area contributed by atoms with E-state index in [0.717, 1.165) is 0 Å². The molecule has 6 heteroatoms. The number of rotatable bonds is 3. The molecule has 2 nitrogen and oxygen atoms in total. The number of phenols is 1. The molecule has 0 spiro atoms. The summed E-state index contributed by atoms with van der Waals surface area (Å²) in [6.07, 6.45) is 1.84. The Morgan fingerprint density at radius 3 is 2.45 bits per heavy atom. The second kappa shape index (κ2) is 7.34. The first kappa shape index (κ1) is 17.3. The molecule has 0 unspecified atom stereocenters. The first-order valence-corrected chi connectivity index (χ1v) is 5.90. The first-order chi connectivity index (χ1) is 8.99. The van der Waals surface area contributed by atoms with Gasteiger partial charge in [0.15, 0.2) is 0 Å². The van der Waals surface area contributed by atoms with Gasteiger partial charge < -0.3 is 10.0 Å². The van der Waals surface area contributed by atoms with Crippen molar-refractivity contribution in [3.05, 3.63) is 59.3 Å². The van der Waals surface area contributed by atoms with Gasteiger partial charge in [0.2, 0.25) is 0 Å². The molecule has 0 aromatic heterocycles. The maximum absolute atomic E-state index is 12.6. The second-order valence-corrected chi connectivity index (χ2v) is 4.39. The summed E-state index contributed by atoms with van der Waals surface area (Å²) in [6, 6.07) is 6.20.